The van der Waals surface area contributed by atoms with Gasteiger partial charge in [-0.15, -0.1) is 0 Å². The summed E-state index contributed by atoms with van der Waals surface area (Å²) in [5.41, 5.74) is 20.5. The van der Waals surface area contributed by atoms with Gasteiger partial charge in [0, 0.05) is 50.2 Å². The molecule has 8 aromatic carbocycles. The monoisotopic (exact) mass is 873 g/mol. The van der Waals surface area contributed by atoms with Crippen molar-refractivity contribution in [3.05, 3.63) is 252 Å². The van der Waals surface area contributed by atoms with Crippen molar-refractivity contribution in [1.29, 1.82) is 0 Å². The number of benzene rings is 8. The fourth-order valence-corrected chi connectivity index (χ4v) is 11.7. The molecule has 0 radical (unpaired) electrons. The second-order valence-electron chi connectivity index (χ2n) is 20.0. The van der Waals surface area contributed by atoms with Crippen LogP contribution in [-0.4, -0.2) is 14.1 Å². The zero-order chi connectivity index (χ0) is 45.7. The molecule has 0 amide bonds. The first-order chi connectivity index (χ1) is 33.3. The van der Waals surface area contributed by atoms with Gasteiger partial charge in [-0.25, -0.2) is 0 Å². The van der Waals surface area contributed by atoms with E-state index < -0.39 is 5.41 Å². The van der Waals surface area contributed by atoms with E-state index in [4.69, 9.17) is 4.98 Å². The molecule has 13 rings (SSSR count). The Morgan fingerprint density at radius 1 is 0.500 bits per heavy atom. The van der Waals surface area contributed by atoms with Gasteiger partial charge in [-0.05, 0) is 129 Å². The third-order valence-corrected chi connectivity index (χ3v) is 15.0. The van der Waals surface area contributed by atoms with Crippen LogP contribution in [0.15, 0.2) is 224 Å². The maximum absolute atomic E-state index is 5.11. The Labute approximate surface area is 398 Å². The Balaban J connectivity index is 0.923. The highest BCUT2D eigenvalue weighted by Gasteiger charge is 2.48. The van der Waals surface area contributed by atoms with Gasteiger partial charge in [-0.1, -0.05) is 173 Å². The van der Waals surface area contributed by atoms with Gasteiger partial charge in [0.1, 0.15) is 0 Å². The van der Waals surface area contributed by atoms with E-state index >= 15 is 0 Å². The van der Waals surface area contributed by atoms with E-state index in [-0.39, 0.29) is 5.41 Å². The molecule has 11 aromatic rings. The van der Waals surface area contributed by atoms with E-state index in [1.54, 1.807) is 0 Å². The first-order valence-electron chi connectivity index (χ1n) is 24.1. The zero-order valence-electron chi connectivity index (χ0n) is 38.9. The highest BCUT2D eigenvalue weighted by atomic mass is 15.0. The quantitative estimate of drug-likeness (QED) is 0.163. The Bertz CT molecular complexity index is 3800. The fourth-order valence-electron chi connectivity index (χ4n) is 11.7. The summed E-state index contributed by atoms with van der Waals surface area (Å²) >= 11 is 0. The Hall–Kier alpha value is -8.01. The van der Waals surface area contributed by atoms with E-state index in [9.17, 15) is 0 Å². The molecule has 0 saturated carbocycles. The molecule has 68 heavy (non-hydrogen) atoms. The number of hydrogen-bond acceptors (Lipinski definition) is 1. The van der Waals surface area contributed by atoms with Crippen LogP contribution in [-0.2, 0) is 10.8 Å². The normalized spacial score (nSPS) is 16.9. The fraction of sp³-hybridized carbons (Fsp3) is 0.123. The lowest BCUT2D eigenvalue weighted by atomic mass is 9.64. The third kappa shape index (κ3) is 6.08. The predicted molar refractivity (Wildman–Crippen MR) is 285 cm³/mol. The standard InChI is InChI=1S/C65H51N3/c1-42-24-35-52-51-16-5-9-20-57(51)65(58(52)38-42,48-30-37-63-56(40-48)55-19-8-12-23-62(55)68(63)50-33-28-46(29-34-50)64(2,3)4)47-15-13-14-44(39-47)45-27-36-59(66-41-45)43-25-31-49(32-26-43)67-60-21-10-6-17-53(60)54-18-7-11-22-61(54)67/h5-37,39-42H,38H2,1-4H3. The minimum absolute atomic E-state index is 0.0837. The molecule has 0 aliphatic heterocycles. The molecule has 326 valence electrons. The molecule has 3 nitrogen and oxygen atoms in total. The van der Waals surface area contributed by atoms with Crippen LogP contribution in [0.4, 0.5) is 0 Å². The molecule has 0 fully saturated rings. The zero-order valence-corrected chi connectivity index (χ0v) is 38.9. The summed E-state index contributed by atoms with van der Waals surface area (Å²) < 4.78 is 4.81. The van der Waals surface area contributed by atoms with Crippen LogP contribution in [0, 0.1) is 5.92 Å². The molecule has 3 heteroatoms. The number of hydrogen-bond donors (Lipinski definition) is 0. The molecule has 0 saturated heterocycles. The van der Waals surface area contributed by atoms with Crippen LogP contribution in [0.1, 0.15) is 61.9 Å². The van der Waals surface area contributed by atoms with Gasteiger partial charge in [0.15, 0.2) is 0 Å². The van der Waals surface area contributed by atoms with Crippen molar-refractivity contribution in [2.45, 2.75) is 44.9 Å². The summed E-state index contributed by atoms with van der Waals surface area (Å²) in [6.07, 6.45) is 7.83. The number of para-hydroxylation sites is 3. The lowest BCUT2D eigenvalue weighted by Gasteiger charge is -2.37. The number of allylic oxidation sites excluding steroid dienone is 4. The van der Waals surface area contributed by atoms with Crippen molar-refractivity contribution in [3.8, 4) is 33.8 Å². The third-order valence-electron chi connectivity index (χ3n) is 15.0. The Morgan fingerprint density at radius 2 is 1.07 bits per heavy atom. The summed E-state index contributed by atoms with van der Waals surface area (Å²) in [4.78, 5) is 5.11. The largest absolute Gasteiger partial charge is 0.309 e. The van der Waals surface area contributed by atoms with Crippen molar-refractivity contribution in [3.63, 3.8) is 0 Å². The average Bonchev–Trinajstić information content (AvgIpc) is 4.00. The van der Waals surface area contributed by atoms with Crippen molar-refractivity contribution in [1.82, 2.24) is 14.1 Å². The first kappa shape index (κ1) is 40.3. The van der Waals surface area contributed by atoms with Crippen molar-refractivity contribution in [2.75, 3.05) is 0 Å². The summed E-state index contributed by atoms with van der Waals surface area (Å²) in [5, 5.41) is 5.06. The lowest BCUT2D eigenvalue weighted by molar-refractivity contribution is 0.590. The molecular formula is C65H51N3. The lowest BCUT2D eigenvalue weighted by Crippen LogP contribution is -2.31. The van der Waals surface area contributed by atoms with E-state index in [0.29, 0.717) is 5.92 Å². The first-order valence-corrected chi connectivity index (χ1v) is 24.1. The number of nitrogens with zero attached hydrogens (tertiary/aromatic N) is 3. The highest BCUT2D eigenvalue weighted by molar-refractivity contribution is 6.10. The Kier molecular flexibility index (Phi) is 9.04. The molecule has 2 atom stereocenters. The van der Waals surface area contributed by atoms with Gasteiger partial charge < -0.3 is 9.13 Å². The van der Waals surface area contributed by atoms with Crippen LogP contribution in [0.3, 0.4) is 0 Å². The Morgan fingerprint density at radius 3 is 1.72 bits per heavy atom. The van der Waals surface area contributed by atoms with Crippen LogP contribution in [0.5, 0.6) is 0 Å². The van der Waals surface area contributed by atoms with Crippen LogP contribution in [0.25, 0.3) is 82.9 Å². The molecule has 2 unspecified atom stereocenters. The van der Waals surface area contributed by atoms with Crippen molar-refractivity contribution < 1.29 is 0 Å². The van der Waals surface area contributed by atoms with Gasteiger partial charge in [-0.2, -0.15) is 0 Å². The van der Waals surface area contributed by atoms with Gasteiger partial charge in [0.05, 0.1) is 33.2 Å². The maximum atomic E-state index is 5.11. The molecule has 3 heterocycles. The predicted octanol–water partition coefficient (Wildman–Crippen LogP) is 16.6. The van der Waals surface area contributed by atoms with E-state index in [0.717, 1.165) is 34.5 Å². The number of rotatable bonds is 6. The summed E-state index contributed by atoms with van der Waals surface area (Å²) in [6.45, 7) is 9.20. The SMILES string of the molecule is CC1C=CC2=C(C1)C(c1cccc(-c3ccc(-c4ccc(-n5c6ccccc6c6ccccc65)cc4)nc3)c1)(c1ccc3c(c1)c1ccccc1n3-c1ccc(C(C)(C)C)cc1)c1ccccc12. The number of pyridine rings is 1. The molecule has 2 aliphatic carbocycles. The topological polar surface area (TPSA) is 22.8 Å². The average molecular weight is 874 g/mol. The van der Waals surface area contributed by atoms with Crippen LogP contribution < -0.4 is 0 Å². The highest BCUT2D eigenvalue weighted by Crippen LogP contribution is 2.58. The molecule has 3 aromatic heterocycles. The molecule has 0 spiro atoms. The van der Waals surface area contributed by atoms with Gasteiger partial charge in [0.25, 0.3) is 0 Å². The summed E-state index contributed by atoms with van der Waals surface area (Å²) in [6, 6.07) is 74.4. The molecule has 0 bridgehead atoms. The van der Waals surface area contributed by atoms with Crippen molar-refractivity contribution >= 4 is 49.2 Å². The second-order valence-corrected chi connectivity index (χ2v) is 20.0. The van der Waals surface area contributed by atoms with Gasteiger partial charge in [-0.3, -0.25) is 4.98 Å². The molecule has 2 aliphatic rings. The maximum Gasteiger partial charge on any atom is 0.0702 e. The molecular weight excluding hydrogens is 823 g/mol. The number of fused-ring (bicyclic) bond motifs is 8. The van der Waals surface area contributed by atoms with Gasteiger partial charge >= 0.3 is 0 Å². The van der Waals surface area contributed by atoms with Crippen LogP contribution >= 0.6 is 0 Å². The van der Waals surface area contributed by atoms with Crippen LogP contribution in [0.2, 0.25) is 0 Å². The van der Waals surface area contributed by atoms with E-state index in [1.807, 2.05) is 0 Å². The van der Waals surface area contributed by atoms with Crippen molar-refractivity contribution in [2.24, 2.45) is 5.92 Å². The molecule has 0 N–H and O–H groups in total. The smallest absolute Gasteiger partial charge is 0.0702 e. The second kappa shape index (κ2) is 15.3. The number of aromatic nitrogens is 3. The van der Waals surface area contributed by atoms with E-state index in [2.05, 4.69) is 255 Å². The minimum atomic E-state index is -0.502. The minimum Gasteiger partial charge on any atom is -0.309 e. The van der Waals surface area contributed by atoms with Gasteiger partial charge in [0.2, 0.25) is 0 Å². The summed E-state index contributed by atoms with van der Waals surface area (Å²) in [5.74, 6) is 0.417. The van der Waals surface area contributed by atoms with E-state index in [1.165, 1.54) is 88.3 Å². The summed E-state index contributed by atoms with van der Waals surface area (Å²) in [7, 11) is 0.